The summed E-state index contributed by atoms with van der Waals surface area (Å²) in [7, 11) is 0. The summed E-state index contributed by atoms with van der Waals surface area (Å²) in [6.45, 7) is 1.92. The Balaban J connectivity index is 1.49. The normalized spacial score (nSPS) is 30.2. The van der Waals surface area contributed by atoms with Gasteiger partial charge in [-0.05, 0) is 74.3 Å². The zero-order valence-corrected chi connectivity index (χ0v) is 13.0. The predicted molar refractivity (Wildman–Crippen MR) is 85.5 cm³/mol. The van der Waals surface area contributed by atoms with Gasteiger partial charge in [-0.3, -0.25) is 0 Å². The largest absolute Gasteiger partial charge is 0.393 e. The number of aryl methyl sites for hydroxylation is 1. The number of hydrogen-bond donors (Lipinski definition) is 1. The lowest BCUT2D eigenvalue weighted by atomic mass is 9.82. The van der Waals surface area contributed by atoms with E-state index in [-0.39, 0.29) is 6.10 Å². The Morgan fingerprint density at radius 2 is 1.76 bits per heavy atom. The summed E-state index contributed by atoms with van der Waals surface area (Å²) in [4.78, 5) is 0. The summed E-state index contributed by atoms with van der Waals surface area (Å²) in [6.07, 6.45) is 9.16. The molecule has 1 aliphatic heterocycles. The van der Waals surface area contributed by atoms with E-state index in [0.717, 1.165) is 44.8 Å². The highest BCUT2D eigenvalue weighted by atomic mass is 16.5. The number of benzene rings is 1. The van der Waals surface area contributed by atoms with Crippen molar-refractivity contribution in [3.8, 4) is 0 Å². The third-order valence-electron chi connectivity index (χ3n) is 5.24. The molecular weight excluding hydrogens is 260 g/mol. The van der Waals surface area contributed by atoms with Crippen LogP contribution in [-0.4, -0.2) is 24.4 Å². The van der Waals surface area contributed by atoms with Gasteiger partial charge in [0.15, 0.2) is 0 Å². The van der Waals surface area contributed by atoms with Crippen molar-refractivity contribution in [1.82, 2.24) is 0 Å². The highest BCUT2D eigenvalue weighted by molar-refractivity contribution is 5.26. The molecule has 1 saturated heterocycles. The molecule has 1 saturated carbocycles. The first-order valence-electron chi connectivity index (χ1n) is 8.66. The van der Waals surface area contributed by atoms with Crippen molar-refractivity contribution in [2.75, 3.05) is 13.2 Å². The van der Waals surface area contributed by atoms with Gasteiger partial charge in [-0.15, -0.1) is 0 Å². The molecule has 1 aromatic carbocycles. The van der Waals surface area contributed by atoms with Crippen LogP contribution in [0.5, 0.6) is 0 Å². The van der Waals surface area contributed by atoms with Gasteiger partial charge < -0.3 is 9.84 Å². The van der Waals surface area contributed by atoms with Crippen LogP contribution in [0.15, 0.2) is 24.3 Å². The molecule has 2 heteroatoms. The maximum absolute atomic E-state index is 9.60. The highest BCUT2D eigenvalue weighted by Gasteiger charge is 2.20. The van der Waals surface area contributed by atoms with Gasteiger partial charge in [0, 0.05) is 13.2 Å². The standard InChI is InChI=1S/C19H28O2/c20-19-11-9-18(10-12-19)17-7-5-15(6-8-17)3-4-16-2-1-13-21-14-16/h5-8,16,18-20H,1-4,9-14H2. The molecule has 3 rings (SSSR count). The molecule has 0 spiro atoms. The Bertz CT molecular complexity index is 412. The number of ether oxygens (including phenoxy) is 1. The van der Waals surface area contributed by atoms with Gasteiger partial charge in [-0.25, -0.2) is 0 Å². The van der Waals surface area contributed by atoms with E-state index in [1.54, 1.807) is 0 Å². The Kier molecular flexibility index (Phi) is 5.32. The molecule has 116 valence electrons. The van der Waals surface area contributed by atoms with Crippen LogP contribution in [0.3, 0.4) is 0 Å². The molecule has 2 nitrogen and oxygen atoms in total. The molecule has 1 unspecified atom stereocenters. The maximum Gasteiger partial charge on any atom is 0.0540 e. The zero-order valence-electron chi connectivity index (χ0n) is 13.0. The fourth-order valence-corrected chi connectivity index (χ4v) is 3.77. The van der Waals surface area contributed by atoms with E-state index in [9.17, 15) is 5.11 Å². The van der Waals surface area contributed by atoms with Crippen LogP contribution in [0, 0.1) is 5.92 Å². The maximum atomic E-state index is 9.60. The van der Waals surface area contributed by atoms with Crippen molar-refractivity contribution in [3.63, 3.8) is 0 Å². The molecule has 2 fully saturated rings. The predicted octanol–water partition coefficient (Wildman–Crippen LogP) is 4.06. The van der Waals surface area contributed by atoms with Gasteiger partial charge in [0.05, 0.1) is 6.10 Å². The minimum absolute atomic E-state index is 0.0572. The molecule has 1 aromatic rings. The number of hydrogen-bond acceptors (Lipinski definition) is 2. The number of aliphatic hydroxyl groups excluding tert-OH is 1. The van der Waals surface area contributed by atoms with Crippen LogP contribution in [0.4, 0.5) is 0 Å². The summed E-state index contributed by atoms with van der Waals surface area (Å²) < 4.78 is 5.56. The Morgan fingerprint density at radius 3 is 2.43 bits per heavy atom. The first-order chi connectivity index (χ1) is 10.3. The second-order valence-corrected chi connectivity index (χ2v) is 6.87. The lowest BCUT2D eigenvalue weighted by Crippen LogP contribution is -2.18. The first kappa shape index (κ1) is 15.1. The van der Waals surface area contributed by atoms with Crippen LogP contribution in [0.25, 0.3) is 0 Å². The smallest absolute Gasteiger partial charge is 0.0540 e. The lowest BCUT2D eigenvalue weighted by molar-refractivity contribution is 0.0518. The van der Waals surface area contributed by atoms with Gasteiger partial charge in [0.25, 0.3) is 0 Å². The monoisotopic (exact) mass is 288 g/mol. The van der Waals surface area contributed by atoms with E-state index in [0.29, 0.717) is 5.92 Å². The third kappa shape index (κ3) is 4.31. The fourth-order valence-electron chi connectivity index (χ4n) is 3.77. The molecule has 1 N–H and O–H groups in total. The van der Waals surface area contributed by atoms with E-state index < -0.39 is 0 Å². The second-order valence-electron chi connectivity index (χ2n) is 6.87. The second kappa shape index (κ2) is 7.42. The first-order valence-corrected chi connectivity index (χ1v) is 8.66. The number of rotatable bonds is 4. The van der Waals surface area contributed by atoms with Gasteiger partial charge in [0.1, 0.15) is 0 Å². The van der Waals surface area contributed by atoms with Gasteiger partial charge in [0.2, 0.25) is 0 Å². The highest BCUT2D eigenvalue weighted by Crippen LogP contribution is 2.33. The Hall–Kier alpha value is -0.860. The molecule has 2 aliphatic rings. The van der Waals surface area contributed by atoms with Crippen LogP contribution < -0.4 is 0 Å². The molecule has 1 atom stereocenters. The fraction of sp³-hybridized carbons (Fsp3) is 0.684. The van der Waals surface area contributed by atoms with E-state index in [1.807, 2.05) is 0 Å². The SMILES string of the molecule is OC1CCC(c2ccc(CCC3CCCOC3)cc2)CC1. The van der Waals surface area contributed by atoms with Crippen molar-refractivity contribution in [3.05, 3.63) is 35.4 Å². The molecule has 0 radical (unpaired) electrons. The van der Waals surface area contributed by atoms with Gasteiger partial charge >= 0.3 is 0 Å². The molecule has 0 aromatic heterocycles. The summed E-state index contributed by atoms with van der Waals surface area (Å²) in [6, 6.07) is 9.25. The molecular formula is C19H28O2. The van der Waals surface area contributed by atoms with Crippen molar-refractivity contribution >= 4 is 0 Å². The quantitative estimate of drug-likeness (QED) is 0.905. The summed E-state index contributed by atoms with van der Waals surface area (Å²) >= 11 is 0. The summed E-state index contributed by atoms with van der Waals surface area (Å²) in [5.41, 5.74) is 2.92. The molecule has 0 amide bonds. The van der Waals surface area contributed by atoms with E-state index in [4.69, 9.17) is 4.74 Å². The average molecular weight is 288 g/mol. The van der Waals surface area contributed by atoms with Crippen molar-refractivity contribution in [2.45, 2.75) is 63.4 Å². The summed E-state index contributed by atoms with van der Waals surface area (Å²) in [5.74, 6) is 1.42. The van der Waals surface area contributed by atoms with Crippen molar-refractivity contribution < 1.29 is 9.84 Å². The zero-order chi connectivity index (χ0) is 14.5. The average Bonchev–Trinajstić information content (AvgIpc) is 2.55. The van der Waals surface area contributed by atoms with E-state index in [2.05, 4.69) is 24.3 Å². The molecule has 1 aliphatic carbocycles. The minimum atomic E-state index is -0.0572. The van der Waals surface area contributed by atoms with Crippen molar-refractivity contribution in [2.24, 2.45) is 5.92 Å². The van der Waals surface area contributed by atoms with Crippen LogP contribution >= 0.6 is 0 Å². The van der Waals surface area contributed by atoms with Crippen LogP contribution in [0.1, 0.15) is 62.0 Å². The van der Waals surface area contributed by atoms with E-state index >= 15 is 0 Å². The van der Waals surface area contributed by atoms with Crippen LogP contribution in [0.2, 0.25) is 0 Å². The molecule has 21 heavy (non-hydrogen) atoms. The molecule has 1 heterocycles. The lowest BCUT2D eigenvalue weighted by Gasteiger charge is -2.26. The third-order valence-corrected chi connectivity index (χ3v) is 5.24. The molecule has 0 bridgehead atoms. The van der Waals surface area contributed by atoms with Gasteiger partial charge in [-0.1, -0.05) is 24.3 Å². The summed E-state index contributed by atoms with van der Waals surface area (Å²) in [5, 5.41) is 9.60. The Labute approximate surface area is 128 Å². The topological polar surface area (TPSA) is 29.5 Å². The Morgan fingerprint density at radius 1 is 1.00 bits per heavy atom. The number of aliphatic hydroxyl groups is 1. The van der Waals surface area contributed by atoms with Gasteiger partial charge in [-0.2, -0.15) is 0 Å². The van der Waals surface area contributed by atoms with Crippen LogP contribution in [-0.2, 0) is 11.2 Å². The minimum Gasteiger partial charge on any atom is -0.393 e. The van der Waals surface area contributed by atoms with E-state index in [1.165, 1.54) is 36.8 Å². The van der Waals surface area contributed by atoms with Crippen molar-refractivity contribution in [1.29, 1.82) is 0 Å².